The van der Waals surface area contributed by atoms with Crippen LogP contribution in [0.25, 0.3) is 11.4 Å². The quantitative estimate of drug-likeness (QED) is 0.657. The monoisotopic (exact) mass is 451 g/mol. The number of hydrogen-bond acceptors (Lipinski definition) is 6. The summed E-state index contributed by atoms with van der Waals surface area (Å²) >= 11 is 5.06. The van der Waals surface area contributed by atoms with Gasteiger partial charge in [0.2, 0.25) is 10.0 Å². The van der Waals surface area contributed by atoms with Gasteiger partial charge in [-0.1, -0.05) is 39.8 Å². The van der Waals surface area contributed by atoms with Crippen LogP contribution in [-0.2, 0) is 16.7 Å². The maximum Gasteiger partial charge on any atom is 0.238 e. The fraction of sp³-hybridized carbons (Fsp3) is 0.125. The number of aromatic nitrogens is 3. The summed E-state index contributed by atoms with van der Waals surface area (Å²) in [6.45, 7) is 0.575. The fourth-order valence-electron chi connectivity index (χ4n) is 2.71. The molecule has 1 aromatic heterocycles. The van der Waals surface area contributed by atoms with E-state index in [4.69, 9.17) is 5.14 Å². The van der Waals surface area contributed by atoms with Crippen molar-refractivity contribution in [1.29, 1.82) is 0 Å². The SMILES string of the molecule is NS(=O)(=O)c1ccc(N2CSc3nnc(-c4cccc(Br)c4)n3C2)cc1. The standard InChI is InChI=1S/C16H14BrN5O2S2/c17-12-3-1-2-11(8-12)15-19-20-16-22(15)9-21(10-25-16)13-4-6-14(7-5-13)26(18,23)24/h1-8H,9-10H2,(H2,18,23,24). The van der Waals surface area contributed by atoms with Crippen LogP contribution in [0.15, 0.2) is 63.1 Å². The molecule has 7 nitrogen and oxygen atoms in total. The van der Waals surface area contributed by atoms with Crippen molar-refractivity contribution in [2.75, 3.05) is 10.8 Å². The second kappa shape index (κ2) is 6.69. The van der Waals surface area contributed by atoms with E-state index in [0.29, 0.717) is 12.5 Å². The van der Waals surface area contributed by atoms with Crippen molar-refractivity contribution in [1.82, 2.24) is 14.8 Å². The Morgan fingerprint density at radius 2 is 1.88 bits per heavy atom. The second-order valence-corrected chi connectivity index (χ2v) is 9.13. The van der Waals surface area contributed by atoms with Crippen LogP contribution in [0.3, 0.4) is 0 Å². The van der Waals surface area contributed by atoms with E-state index in [9.17, 15) is 8.42 Å². The molecule has 2 heterocycles. The number of fused-ring (bicyclic) bond motifs is 1. The highest BCUT2D eigenvalue weighted by Crippen LogP contribution is 2.32. The van der Waals surface area contributed by atoms with Crippen molar-refractivity contribution in [3.63, 3.8) is 0 Å². The molecule has 0 atom stereocenters. The molecular weight excluding hydrogens is 438 g/mol. The zero-order chi connectivity index (χ0) is 18.3. The Hall–Kier alpha value is -1.88. The molecule has 134 valence electrons. The number of sulfonamides is 1. The highest BCUT2D eigenvalue weighted by molar-refractivity contribution is 9.10. The van der Waals surface area contributed by atoms with Crippen LogP contribution in [-0.4, -0.2) is 29.1 Å². The van der Waals surface area contributed by atoms with Crippen LogP contribution in [0.5, 0.6) is 0 Å². The van der Waals surface area contributed by atoms with Crippen molar-refractivity contribution in [2.45, 2.75) is 16.7 Å². The van der Waals surface area contributed by atoms with Crippen molar-refractivity contribution in [3.05, 3.63) is 53.0 Å². The Labute approximate surface area is 163 Å². The van der Waals surface area contributed by atoms with Gasteiger partial charge in [-0.15, -0.1) is 10.2 Å². The minimum atomic E-state index is -3.69. The van der Waals surface area contributed by atoms with E-state index >= 15 is 0 Å². The van der Waals surface area contributed by atoms with Crippen molar-refractivity contribution in [3.8, 4) is 11.4 Å². The summed E-state index contributed by atoms with van der Waals surface area (Å²) in [5.41, 5.74) is 1.88. The highest BCUT2D eigenvalue weighted by atomic mass is 79.9. The van der Waals surface area contributed by atoms with Gasteiger partial charge in [-0.05, 0) is 36.4 Å². The molecule has 0 amide bonds. The number of anilines is 1. The lowest BCUT2D eigenvalue weighted by atomic mass is 10.2. The summed E-state index contributed by atoms with van der Waals surface area (Å²) in [4.78, 5) is 2.22. The molecule has 26 heavy (non-hydrogen) atoms. The molecule has 0 bridgehead atoms. The van der Waals surface area contributed by atoms with Gasteiger partial charge in [0, 0.05) is 15.7 Å². The van der Waals surface area contributed by atoms with E-state index < -0.39 is 10.0 Å². The molecule has 0 saturated carbocycles. The van der Waals surface area contributed by atoms with E-state index in [1.165, 1.54) is 12.1 Å². The summed E-state index contributed by atoms with van der Waals surface area (Å²) in [7, 11) is -3.69. The minimum absolute atomic E-state index is 0.103. The zero-order valence-electron chi connectivity index (χ0n) is 13.4. The lowest BCUT2D eigenvalue weighted by Gasteiger charge is -2.29. The summed E-state index contributed by atoms with van der Waals surface area (Å²) in [5, 5.41) is 14.6. The van der Waals surface area contributed by atoms with Gasteiger partial charge in [0.15, 0.2) is 11.0 Å². The zero-order valence-corrected chi connectivity index (χ0v) is 16.6. The van der Waals surface area contributed by atoms with Gasteiger partial charge in [0.1, 0.15) is 0 Å². The third-order valence-corrected chi connectivity index (χ3v) is 6.42. The van der Waals surface area contributed by atoms with E-state index in [2.05, 4.69) is 31.0 Å². The van der Waals surface area contributed by atoms with Gasteiger partial charge in [0.05, 0.1) is 17.4 Å². The molecule has 2 N–H and O–H groups in total. The molecule has 0 aliphatic carbocycles. The molecule has 10 heteroatoms. The first-order valence-corrected chi connectivity index (χ1v) is 10.9. The minimum Gasteiger partial charge on any atom is -0.344 e. The first kappa shape index (κ1) is 17.5. The first-order chi connectivity index (χ1) is 12.4. The number of primary sulfonamides is 1. The van der Waals surface area contributed by atoms with Crippen LogP contribution in [0, 0.1) is 0 Å². The Kier molecular flexibility index (Phi) is 4.51. The second-order valence-electron chi connectivity index (χ2n) is 5.74. The molecule has 4 rings (SSSR count). The summed E-state index contributed by atoms with van der Waals surface area (Å²) in [5.74, 6) is 1.49. The third kappa shape index (κ3) is 3.37. The maximum absolute atomic E-state index is 11.4. The summed E-state index contributed by atoms with van der Waals surface area (Å²) < 4.78 is 25.9. The number of nitrogens with zero attached hydrogens (tertiary/aromatic N) is 4. The van der Waals surface area contributed by atoms with Crippen molar-refractivity contribution < 1.29 is 8.42 Å². The molecule has 0 spiro atoms. The Bertz CT molecular complexity index is 1070. The number of benzene rings is 2. The van der Waals surface area contributed by atoms with E-state index in [-0.39, 0.29) is 4.90 Å². The third-order valence-electron chi connectivity index (χ3n) is 3.99. The molecule has 0 fully saturated rings. The number of nitrogens with two attached hydrogens (primary N) is 1. The Morgan fingerprint density at radius 1 is 1.12 bits per heavy atom. The molecule has 2 aromatic carbocycles. The summed E-state index contributed by atoms with van der Waals surface area (Å²) in [6.07, 6.45) is 0. The first-order valence-electron chi connectivity index (χ1n) is 7.61. The maximum atomic E-state index is 11.4. The molecule has 0 radical (unpaired) electrons. The molecule has 1 aliphatic rings. The Balaban J connectivity index is 1.65. The van der Waals surface area contributed by atoms with Gasteiger partial charge in [-0.25, -0.2) is 13.6 Å². The van der Waals surface area contributed by atoms with E-state index in [1.54, 1.807) is 23.9 Å². The number of thioether (sulfide) groups is 1. The highest BCUT2D eigenvalue weighted by Gasteiger charge is 2.23. The Morgan fingerprint density at radius 3 is 2.58 bits per heavy atom. The molecule has 3 aromatic rings. The van der Waals surface area contributed by atoms with Crippen molar-refractivity contribution >= 4 is 43.4 Å². The smallest absolute Gasteiger partial charge is 0.238 e. The lowest BCUT2D eigenvalue weighted by Crippen LogP contribution is -2.30. The van der Waals surface area contributed by atoms with Crippen LogP contribution in [0.1, 0.15) is 0 Å². The predicted molar refractivity (Wildman–Crippen MR) is 104 cm³/mol. The predicted octanol–water partition coefficient (Wildman–Crippen LogP) is 2.88. The average Bonchev–Trinajstić information content (AvgIpc) is 3.04. The normalized spacial score (nSPS) is 14.3. The largest absolute Gasteiger partial charge is 0.344 e. The van der Waals surface area contributed by atoms with Gasteiger partial charge < -0.3 is 4.90 Å². The molecule has 0 unspecified atom stereocenters. The summed E-state index contributed by atoms with van der Waals surface area (Å²) in [6, 6.07) is 14.5. The van der Waals surface area contributed by atoms with Crippen LogP contribution < -0.4 is 10.0 Å². The number of hydrogen-bond donors (Lipinski definition) is 1. The van der Waals surface area contributed by atoms with Crippen LogP contribution in [0.4, 0.5) is 5.69 Å². The number of halogens is 1. The average molecular weight is 452 g/mol. The van der Waals surface area contributed by atoms with E-state index in [0.717, 1.165) is 26.7 Å². The fourth-order valence-corrected chi connectivity index (χ4v) is 4.53. The van der Waals surface area contributed by atoms with Crippen LogP contribution in [0.2, 0.25) is 0 Å². The number of rotatable bonds is 3. The van der Waals surface area contributed by atoms with E-state index in [1.807, 2.05) is 28.8 Å². The molecule has 0 saturated heterocycles. The van der Waals surface area contributed by atoms with Crippen LogP contribution >= 0.6 is 27.7 Å². The molecular formula is C16H14BrN5O2S2. The van der Waals surface area contributed by atoms with Gasteiger partial charge in [0.25, 0.3) is 0 Å². The molecule has 1 aliphatic heterocycles. The lowest BCUT2D eigenvalue weighted by molar-refractivity contribution is 0.597. The van der Waals surface area contributed by atoms with Gasteiger partial charge in [-0.2, -0.15) is 0 Å². The van der Waals surface area contributed by atoms with Gasteiger partial charge in [-0.3, -0.25) is 4.57 Å². The topological polar surface area (TPSA) is 94.1 Å². The van der Waals surface area contributed by atoms with Gasteiger partial charge >= 0.3 is 0 Å². The van der Waals surface area contributed by atoms with Crippen molar-refractivity contribution in [2.24, 2.45) is 5.14 Å².